The Morgan fingerprint density at radius 2 is 1.54 bits per heavy atom. The van der Waals surface area contributed by atoms with Crippen LogP contribution in [0.1, 0.15) is 27.9 Å². The predicted octanol–water partition coefficient (Wildman–Crippen LogP) is 2.33. The normalized spacial score (nSPS) is 13.0. The molecule has 0 aromatic heterocycles. The van der Waals surface area contributed by atoms with Gasteiger partial charge < -0.3 is 11.1 Å². The van der Waals surface area contributed by atoms with Crippen molar-refractivity contribution in [2.75, 3.05) is 0 Å². The van der Waals surface area contributed by atoms with E-state index in [2.05, 4.69) is 0 Å². The summed E-state index contributed by atoms with van der Waals surface area (Å²) in [6.45, 7) is 0. The second-order valence-electron chi connectivity index (χ2n) is 4.63. The van der Waals surface area contributed by atoms with Gasteiger partial charge in [0.25, 0.3) is 5.91 Å². The van der Waals surface area contributed by atoms with Gasteiger partial charge in [-0.05, 0) is 18.2 Å². The Kier molecular flexibility index (Phi) is 5.50. The van der Waals surface area contributed by atoms with Crippen molar-refractivity contribution in [2.24, 2.45) is 5.73 Å². The third-order valence-electron chi connectivity index (χ3n) is 2.82. The number of amides is 2. The molecule has 0 saturated carbocycles. The molecule has 1 aromatic rings. The zero-order valence-electron chi connectivity index (χ0n) is 11.8. The molecule has 0 bridgehead atoms. The Labute approximate surface area is 132 Å². The van der Waals surface area contributed by atoms with Gasteiger partial charge in [-0.15, -0.1) is 12.3 Å². The molecule has 0 radical (unpaired) electrons. The summed E-state index contributed by atoms with van der Waals surface area (Å²) in [6.07, 6.45) is -5.63. The first-order valence-electron chi connectivity index (χ1n) is 6.19. The van der Waals surface area contributed by atoms with E-state index in [0.29, 0.717) is 0 Å². The van der Waals surface area contributed by atoms with Crippen LogP contribution in [0.5, 0.6) is 0 Å². The smallest absolute Gasteiger partial charge is 0.368 e. The van der Waals surface area contributed by atoms with Crippen molar-refractivity contribution in [1.29, 1.82) is 0 Å². The summed E-state index contributed by atoms with van der Waals surface area (Å²) in [7, 11) is 0. The molecule has 10 heteroatoms. The highest BCUT2D eigenvalue weighted by molar-refractivity contribution is 5.97. The number of halogens is 6. The minimum absolute atomic E-state index is 0.121. The maximum Gasteiger partial charge on any atom is 0.416 e. The third-order valence-corrected chi connectivity index (χ3v) is 2.82. The van der Waals surface area contributed by atoms with E-state index in [-0.39, 0.29) is 24.6 Å². The van der Waals surface area contributed by atoms with Crippen LogP contribution < -0.4 is 11.1 Å². The Morgan fingerprint density at radius 3 is 1.88 bits per heavy atom. The number of carbonyl (C=O) groups is 2. The van der Waals surface area contributed by atoms with E-state index in [0.717, 1.165) is 0 Å². The van der Waals surface area contributed by atoms with Crippen molar-refractivity contribution in [2.45, 2.75) is 24.8 Å². The highest BCUT2D eigenvalue weighted by Gasteiger charge is 2.37. The Bertz CT molecular complexity index is 656. The van der Waals surface area contributed by atoms with Crippen LogP contribution in [0.25, 0.3) is 0 Å². The fourth-order valence-corrected chi connectivity index (χ4v) is 1.67. The second kappa shape index (κ2) is 6.82. The van der Waals surface area contributed by atoms with E-state index in [9.17, 15) is 35.9 Å². The number of benzene rings is 1. The molecular formula is C14H10F6N2O2. The summed E-state index contributed by atoms with van der Waals surface area (Å²) < 4.78 is 76.3. The minimum atomic E-state index is -5.10. The van der Waals surface area contributed by atoms with Crippen molar-refractivity contribution in [3.63, 3.8) is 0 Å². The van der Waals surface area contributed by atoms with Crippen LogP contribution in [0.2, 0.25) is 0 Å². The number of nitrogens with two attached hydrogens (primary N) is 1. The number of hydrogen-bond acceptors (Lipinski definition) is 2. The van der Waals surface area contributed by atoms with E-state index in [4.69, 9.17) is 12.2 Å². The van der Waals surface area contributed by atoms with Gasteiger partial charge in [0.1, 0.15) is 6.04 Å². The highest BCUT2D eigenvalue weighted by Crippen LogP contribution is 2.36. The lowest BCUT2D eigenvalue weighted by Gasteiger charge is -2.16. The lowest BCUT2D eigenvalue weighted by Crippen LogP contribution is -2.44. The van der Waals surface area contributed by atoms with Gasteiger partial charge >= 0.3 is 12.4 Å². The highest BCUT2D eigenvalue weighted by atomic mass is 19.4. The van der Waals surface area contributed by atoms with Crippen LogP contribution in [0, 0.1) is 12.3 Å². The molecule has 1 atom stereocenters. The lowest BCUT2D eigenvalue weighted by molar-refractivity contribution is -0.143. The van der Waals surface area contributed by atoms with E-state index in [1.54, 1.807) is 0 Å². The quantitative estimate of drug-likeness (QED) is 0.645. The molecule has 0 aliphatic heterocycles. The molecule has 0 spiro atoms. The summed E-state index contributed by atoms with van der Waals surface area (Å²) in [6, 6.07) is -1.08. The van der Waals surface area contributed by atoms with Gasteiger partial charge in [-0.25, -0.2) is 0 Å². The molecule has 0 unspecified atom stereocenters. The largest absolute Gasteiger partial charge is 0.416 e. The molecule has 0 heterocycles. The second-order valence-corrected chi connectivity index (χ2v) is 4.63. The molecule has 130 valence electrons. The van der Waals surface area contributed by atoms with Crippen molar-refractivity contribution in [1.82, 2.24) is 5.32 Å². The molecule has 0 fully saturated rings. The minimum Gasteiger partial charge on any atom is -0.368 e. The summed E-state index contributed by atoms with van der Waals surface area (Å²) >= 11 is 0. The van der Waals surface area contributed by atoms with Crippen LogP contribution >= 0.6 is 0 Å². The van der Waals surface area contributed by atoms with Gasteiger partial charge in [0, 0.05) is 12.0 Å². The van der Waals surface area contributed by atoms with Crippen LogP contribution in [0.15, 0.2) is 18.2 Å². The molecule has 1 rings (SSSR count). The van der Waals surface area contributed by atoms with E-state index in [1.807, 2.05) is 11.2 Å². The summed E-state index contributed by atoms with van der Waals surface area (Å²) in [4.78, 5) is 22.9. The Morgan fingerprint density at radius 1 is 1.08 bits per heavy atom. The maximum atomic E-state index is 12.7. The average molecular weight is 352 g/mol. The molecule has 0 aliphatic rings. The maximum absolute atomic E-state index is 12.7. The van der Waals surface area contributed by atoms with Gasteiger partial charge in [0.2, 0.25) is 5.91 Å². The van der Waals surface area contributed by atoms with Crippen LogP contribution in [0.3, 0.4) is 0 Å². The average Bonchev–Trinajstić information content (AvgIpc) is 2.44. The molecule has 0 saturated heterocycles. The van der Waals surface area contributed by atoms with Gasteiger partial charge in [-0.2, -0.15) is 26.3 Å². The Hall–Kier alpha value is -2.70. The van der Waals surface area contributed by atoms with E-state index < -0.39 is 46.9 Å². The summed E-state index contributed by atoms with van der Waals surface area (Å²) in [5, 5.41) is 1.90. The van der Waals surface area contributed by atoms with Crippen molar-refractivity contribution in [3.05, 3.63) is 34.9 Å². The van der Waals surface area contributed by atoms with Crippen molar-refractivity contribution < 1.29 is 35.9 Å². The fraction of sp³-hybridized carbons (Fsp3) is 0.286. The molecule has 4 nitrogen and oxygen atoms in total. The topological polar surface area (TPSA) is 72.2 Å². The zero-order chi connectivity index (χ0) is 18.7. The van der Waals surface area contributed by atoms with Gasteiger partial charge in [-0.3, -0.25) is 9.59 Å². The summed E-state index contributed by atoms with van der Waals surface area (Å²) in [5.41, 5.74) is 0.693. The van der Waals surface area contributed by atoms with E-state index in [1.165, 1.54) is 0 Å². The molecule has 1 aromatic carbocycles. The number of rotatable bonds is 4. The van der Waals surface area contributed by atoms with E-state index >= 15 is 0 Å². The first-order chi connectivity index (χ1) is 10.9. The standard InChI is InChI=1S/C14H10F6N2O2/c1-2-3-10(11(21)23)22-12(24)7-4-8(13(15,16)17)6-9(5-7)14(18,19)20/h1,4-6,10H,3H2,(H2,21,23)(H,22,24)/t10-/m0/s1. The predicted molar refractivity (Wildman–Crippen MR) is 70.3 cm³/mol. The SMILES string of the molecule is C#CC[C@H](NC(=O)c1cc(C(F)(F)F)cc(C(F)(F)F)c1)C(N)=O. The fourth-order valence-electron chi connectivity index (χ4n) is 1.67. The number of carbonyl (C=O) groups excluding carboxylic acids is 2. The number of hydrogen-bond donors (Lipinski definition) is 2. The zero-order valence-corrected chi connectivity index (χ0v) is 11.8. The molecule has 2 amide bonds. The van der Waals surface area contributed by atoms with Gasteiger partial charge in [0.05, 0.1) is 11.1 Å². The van der Waals surface area contributed by atoms with Gasteiger partial charge in [-0.1, -0.05) is 0 Å². The Balaban J connectivity index is 3.29. The van der Waals surface area contributed by atoms with Crippen molar-refractivity contribution >= 4 is 11.8 Å². The monoisotopic (exact) mass is 352 g/mol. The number of nitrogens with one attached hydrogen (secondary N) is 1. The third kappa shape index (κ3) is 4.91. The van der Waals surface area contributed by atoms with Gasteiger partial charge in [0.15, 0.2) is 0 Å². The van der Waals surface area contributed by atoms with Crippen molar-refractivity contribution in [3.8, 4) is 12.3 Å². The number of alkyl halides is 6. The molecule has 3 N–H and O–H groups in total. The van der Waals surface area contributed by atoms with Crippen LogP contribution in [-0.2, 0) is 17.1 Å². The number of terminal acetylenes is 1. The lowest BCUT2D eigenvalue weighted by atomic mass is 10.0. The molecule has 0 aliphatic carbocycles. The summed E-state index contributed by atoms with van der Waals surface area (Å²) in [5.74, 6) is -0.420. The van der Waals surface area contributed by atoms with Crippen LogP contribution in [0.4, 0.5) is 26.3 Å². The number of primary amides is 1. The first-order valence-corrected chi connectivity index (χ1v) is 6.19. The first kappa shape index (κ1) is 19.3. The molecular weight excluding hydrogens is 342 g/mol. The molecule has 24 heavy (non-hydrogen) atoms. The van der Waals surface area contributed by atoms with Crippen LogP contribution in [-0.4, -0.2) is 17.9 Å².